The summed E-state index contributed by atoms with van der Waals surface area (Å²) in [7, 11) is 0. The summed E-state index contributed by atoms with van der Waals surface area (Å²) in [6.45, 7) is 5.43. The number of hydrogen-bond acceptors (Lipinski definition) is 4. The van der Waals surface area contributed by atoms with Crippen LogP contribution in [-0.2, 0) is 4.74 Å². The normalized spacial score (nSPS) is 33.9. The van der Waals surface area contributed by atoms with Gasteiger partial charge in [-0.05, 0) is 46.5 Å². The summed E-state index contributed by atoms with van der Waals surface area (Å²) in [5.41, 5.74) is -1.18. The second-order valence-corrected chi connectivity index (χ2v) is 6.73. The summed E-state index contributed by atoms with van der Waals surface area (Å²) in [4.78, 5) is 14.0. The third kappa shape index (κ3) is 2.69. The Morgan fingerprint density at radius 1 is 1.42 bits per heavy atom. The first-order valence-electron chi connectivity index (χ1n) is 6.84. The van der Waals surface area contributed by atoms with E-state index in [0.29, 0.717) is 12.8 Å². The molecule has 5 nitrogen and oxygen atoms in total. The van der Waals surface area contributed by atoms with Crippen molar-refractivity contribution in [3.05, 3.63) is 0 Å². The minimum Gasteiger partial charge on any atom is -0.444 e. The van der Waals surface area contributed by atoms with E-state index < -0.39 is 11.0 Å². The number of nitrogens with zero attached hydrogens (tertiary/aromatic N) is 2. The van der Waals surface area contributed by atoms with Crippen LogP contribution < -0.4 is 0 Å². The van der Waals surface area contributed by atoms with Crippen LogP contribution >= 0.6 is 0 Å². The van der Waals surface area contributed by atoms with Crippen molar-refractivity contribution in [2.45, 2.75) is 64.1 Å². The lowest BCUT2D eigenvalue weighted by molar-refractivity contribution is -0.0119. The quantitative estimate of drug-likeness (QED) is 0.788. The second-order valence-electron chi connectivity index (χ2n) is 6.73. The first-order valence-corrected chi connectivity index (χ1v) is 6.84. The van der Waals surface area contributed by atoms with Crippen molar-refractivity contribution in [2.24, 2.45) is 5.41 Å². The molecular formula is C14H22N2O3. The third-order valence-corrected chi connectivity index (χ3v) is 4.02. The lowest BCUT2D eigenvalue weighted by atomic mass is 9.77. The molecular weight excluding hydrogens is 244 g/mol. The molecule has 106 valence electrons. The molecule has 0 saturated carbocycles. The summed E-state index contributed by atoms with van der Waals surface area (Å²) in [5, 5.41) is 18.7. The standard InChI is InChI=1S/C14H22N2O3/c1-13(2,3)19-12(18)16-10-4-5-11(16)7-14(6-10,8-15)9-17/h10-11,17H,4-7,9H2,1-3H3. The molecule has 0 aromatic heterocycles. The Labute approximate surface area is 114 Å². The van der Waals surface area contributed by atoms with Crippen LogP contribution in [0, 0.1) is 16.7 Å². The molecule has 0 spiro atoms. The molecule has 2 aliphatic heterocycles. The zero-order valence-corrected chi connectivity index (χ0v) is 11.8. The Hall–Kier alpha value is -1.28. The molecule has 0 aromatic carbocycles. The van der Waals surface area contributed by atoms with Crippen molar-refractivity contribution < 1.29 is 14.6 Å². The summed E-state index contributed by atoms with van der Waals surface area (Å²) in [5.74, 6) is 0. The van der Waals surface area contributed by atoms with Gasteiger partial charge in [-0.25, -0.2) is 4.79 Å². The highest BCUT2D eigenvalue weighted by Crippen LogP contribution is 2.45. The van der Waals surface area contributed by atoms with E-state index in [1.165, 1.54) is 0 Å². The predicted molar refractivity (Wildman–Crippen MR) is 69.2 cm³/mol. The largest absolute Gasteiger partial charge is 0.444 e. The maximum absolute atomic E-state index is 12.2. The van der Waals surface area contributed by atoms with Crippen LogP contribution in [0.25, 0.3) is 0 Å². The van der Waals surface area contributed by atoms with E-state index >= 15 is 0 Å². The van der Waals surface area contributed by atoms with E-state index in [2.05, 4.69) is 6.07 Å². The third-order valence-electron chi connectivity index (χ3n) is 4.02. The highest BCUT2D eigenvalue weighted by molar-refractivity contribution is 5.69. The number of aliphatic hydroxyl groups is 1. The van der Waals surface area contributed by atoms with Gasteiger partial charge in [0.25, 0.3) is 0 Å². The molecule has 1 amide bonds. The van der Waals surface area contributed by atoms with Crippen molar-refractivity contribution in [3.8, 4) is 6.07 Å². The molecule has 19 heavy (non-hydrogen) atoms. The van der Waals surface area contributed by atoms with Crippen LogP contribution in [0.15, 0.2) is 0 Å². The Bertz CT molecular complexity index is 394. The van der Waals surface area contributed by atoms with Crippen molar-refractivity contribution in [2.75, 3.05) is 6.61 Å². The number of aliphatic hydroxyl groups excluding tert-OH is 1. The highest BCUT2D eigenvalue weighted by Gasteiger charge is 2.51. The number of carbonyl (C=O) groups is 1. The fourth-order valence-electron chi connectivity index (χ4n) is 3.22. The van der Waals surface area contributed by atoms with Crippen molar-refractivity contribution >= 4 is 6.09 Å². The van der Waals surface area contributed by atoms with Gasteiger partial charge in [0.15, 0.2) is 0 Å². The molecule has 2 aliphatic rings. The van der Waals surface area contributed by atoms with Gasteiger partial charge in [0.2, 0.25) is 0 Å². The fraction of sp³-hybridized carbons (Fsp3) is 0.857. The van der Waals surface area contributed by atoms with Crippen LogP contribution in [0.5, 0.6) is 0 Å². The topological polar surface area (TPSA) is 73.6 Å². The van der Waals surface area contributed by atoms with Crippen LogP contribution in [0.3, 0.4) is 0 Å². The van der Waals surface area contributed by atoms with Crippen LogP contribution in [0.2, 0.25) is 0 Å². The van der Waals surface area contributed by atoms with Crippen molar-refractivity contribution in [3.63, 3.8) is 0 Å². The number of carbonyl (C=O) groups excluding carboxylic acids is 1. The van der Waals surface area contributed by atoms with Gasteiger partial charge in [-0.3, -0.25) is 0 Å². The molecule has 2 unspecified atom stereocenters. The molecule has 0 radical (unpaired) electrons. The van der Waals surface area contributed by atoms with Gasteiger partial charge < -0.3 is 14.7 Å². The smallest absolute Gasteiger partial charge is 0.410 e. The van der Waals surface area contributed by atoms with E-state index in [1.54, 1.807) is 4.90 Å². The molecule has 2 saturated heterocycles. The van der Waals surface area contributed by atoms with Crippen LogP contribution in [-0.4, -0.2) is 40.4 Å². The van der Waals surface area contributed by atoms with Crippen molar-refractivity contribution in [1.82, 2.24) is 4.90 Å². The van der Waals surface area contributed by atoms with Gasteiger partial charge in [-0.15, -0.1) is 0 Å². The van der Waals surface area contributed by atoms with E-state index in [0.717, 1.165) is 12.8 Å². The molecule has 2 bridgehead atoms. The lowest BCUT2D eigenvalue weighted by Crippen LogP contribution is -2.52. The maximum Gasteiger partial charge on any atom is 0.410 e. The van der Waals surface area contributed by atoms with Gasteiger partial charge >= 0.3 is 6.09 Å². The average Bonchev–Trinajstić information content (AvgIpc) is 2.59. The number of rotatable bonds is 1. The molecule has 5 heteroatoms. The number of nitriles is 1. The minimum absolute atomic E-state index is 0.0281. The van der Waals surface area contributed by atoms with Gasteiger partial charge in [0.05, 0.1) is 18.1 Å². The van der Waals surface area contributed by atoms with Crippen LogP contribution in [0.4, 0.5) is 4.79 Å². The molecule has 2 rings (SSSR count). The summed E-state index contributed by atoms with van der Waals surface area (Å²) in [6, 6.07) is 2.30. The average molecular weight is 266 g/mol. The monoisotopic (exact) mass is 266 g/mol. The number of fused-ring (bicyclic) bond motifs is 2. The summed E-state index contributed by atoms with van der Waals surface area (Å²) < 4.78 is 5.44. The molecule has 2 atom stereocenters. The molecule has 1 N–H and O–H groups in total. The maximum atomic E-state index is 12.2. The van der Waals surface area contributed by atoms with E-state index in [9.17, 15) is 15.2 Å². The zero-order chi connectivity index (χ0) is 14.3. The molecule has 0 aromatic rings. The van der Waals surface area contributed by atoms with E-state index in [1.807, 2.05) is 20.8 Å². The Morgan fingerprint density at radius 3 is 2.32 bits per heavy atom. The molecule has 0 aliphatic carbocycles. The van der Waals surface area contributed by atoms with Crippen LogP contribution in [0.1, 0.15) is 46.5 Å². The van der Waals surface area contributed by atoms with Gasteiger partial charge in [-0.2, -0.15) is 5.26 Å². The lowest BCUT2D eigenvalue weighted by Gasteiger charge is -2.42. The van der Waals surface area contributed by atoms with Crippen molar-refractivity contribution in [1.29, 1.82) is 5.26 Å². The van der Waals surface area contributed by atoms with Gasteiger partial charge in [0.1, 0.15) is 5.60 Å². The summed E-state index contributed by atoms with van der Waals surface area (Å²) >= 11 is 0. The van der Waals surface area contributed by atoms with Gasteiger partial charge in [-0.1, -0.05) is 0 Å². The highest BCUT2D eigenvalue weighted by atomic mass is 16.6. The minimum atomic E-state index is -0.676. The number of hydrogen-bond donors (Lipinski definition) is 1. The first-order chi connectivity index (χ1) is 8.80. The number of ether oxygens (including phenoxy) is 1. The second kappa shape index (κ2) is 4.68. The fourth-order valence-corrected chi connectivity index (χ4v) is 3.22. The van der Waals surface area contributed by atoms with E-state index in [4.69, 9.17) is 4.74 Å². The Kier molecular flexibility index (Phi) is 3.48. The molecule has 2 fully saturated rings. The number of piperidine rings is 1. The van der Waals surface area contributed by atoms with Gasteiger partial charge in [0, 0.05) is 12.1 Å². The number of amides is 1. The Morgan fingerprint density at radius 2 is 1.95 bits per heavy atom. The van der Waals surface area contributed by atoms with E-state index in [-0.39, 0.29) is 24.8 Å². The predicted octanol–water partition coefficient (Wildman–Crippen LogP) is 2.05. The molecule has 2 heterocycles. The Balaban J connectivity index is 2.12. The zero-order valence-electron chi connectivity index (χ0n) is 11.8. The SMILES string of the molecule is CC(C)(C)OC(=O)N1C2CCC1CC(C#N)(CO)C2. The summed E-state index contributed by atoms with van der Waals surface area (Å²) in [6.07, 6.45) is 2.61. The first kappa shape index (κ1) is 14.1.